The fourth-order valence-electron chi connectivity index (χ4n) is 3.06. The zero-order chi connectivity index (χ0) is 10.3. The van der Waals surface area contributed by atoms with Crippen LogP contribution in [0.25, 0.3) is 0 Å². The van der Waals surface area contributed by atoms with Crippen molar-refractivity contribution in [3.8, 4) is 0 Å². The van der Waals surface area contributed by atoms with Crippen LogP contribution >= 0.6 is 0 Å². The molecule has 1 fully saturated rings. The molecule has 80 valence electrons. The monoisotopic (exact) mass is 203 g/mol. The van der Waals surface area contributed by atoms with E-state index < -0.39 is 0 Å². The molecule has 3 unspecified atom stereocenters. The van der Waals surface area contributed by atoms with Gasteiger partial charge in [0.2, 0.25) is 0 Å². The van der Waals surface area contributed by atoms with Gasteiger partial charge in [0, 0.05) is 12.5 Å². The fraction of sp³-hybridized carbons (Fsp3) is 0.538. The van der Waals surface area contributed by atoms with E-state index in [1.165, 1.54) is 17.5 Å². The summed E-state index contributed by atoms with van der Waals surface area (Å²) in [5.74, 6) is 1.07. The average molecular weight is 203 g/mol. The Morgan fingerprint density at radius 2 is 2.00 bits per heavy atom. The molecule has 0 aromatic heterocycles. The average Bonchev–Trinajstić information content (AvgIpc) is 2.50. The van der Waals surface area contributed by atoms with E-state index in [-0.39, 0.29) is 6.10 Å². The van der Waals surface area contributed by atoms with E-state index in [4.69, 9.17) is 0 Å². The molecule has 0 radical (unpaired) electrons. The maximum atomic E-state index is 10.3. The molecule has 2 bridgehead atoms. The molecule has 1 aliphatic carbocycles. The van der Waals surface area contributed by atoms with Crippen molar-refractivity contribution < 1.29 is 5.11 Å². The third-order valence-corrected chi connectivity index (χ3v) is 3.86. The summed E-state index contributed by atoms with van der Waals surface area (Å²) in [6.07, 6.45) is 2.09. The number of rotatable bonds is 0. The van der Waals surface area contributed by atoms with Gasteiger partial charge in [-0.1, -0.05) is 24.3 Å². The maximum absolute atomic E-state index is 10.3. The molecular formula is C13H17NO. The second-order valence-corrected chi connectivity index (χ2v) is 4.76. The number of fused-ring (bicyclic) bond motifs is 4. The molecule has 1 aromatic carbocycles. The zero-order valence-electron chi connectivity index (χ0n) is 8.82. The van der Waals surface area contributed by atoms with Gasteiger partial charge >= 0.3 is 0 Å². The Balaban J connectivity index is 2.07. The van der Waals surface area contributed by atoms with Crippen LogP contribution in [0.4, 0.5) is 0 Å². The van der Waals surface area contributed by atoms with Gasteiger partial charge in [-0.05, 0) is 36.4 Å². The fourth-order valence-corrected chi connectivity index (χ4v) is 3.06. The number of benzene rings is 1. The lowest BCUT2D eigenvalue weighted by molar-refractivity contribution is 0.0914. The van der Waals surface area contributed by atoms with Crippen LogP contribution in [0.3, 0.4) is 0 Å². The molecule has 15 heavy (non-hydrogen) atoms. The van der Waals surface area contributed by atoms with Gasteiger partial charge in [-0.15, -0.1) is 0 Å². The number of hydrogen-bond donors (Lipinski definition) is 2. The Bertz CT molecular complexity index is 348. The Morgan fingerprint density at radius 3 is 2.87 bits per heavy atom. The van der Waals surface area contributed by atoms with Crippen molar-refractivity contribution in [2.24, 2.45) is 5.92 Å². The molecule has 2 aliphatic rings. The topological polar surface area (TPSA) is 32.3 Å². The van der Waals surface area contributed by atoms with E-state index in [2.05, 4.69) is 23.5 Å². The lowest BCUT2D eigenvalue weighted by atomic mass is 9.75. The summed E-state index contributed by atoms with van der Waals surface area (Å²) in [4.78, 5) is 0. The van der Waals surface area contributed by atoms with Gasteiger partial charge in [-0.3, -0.25) is 0 Å². The first-order valence-corrected chi connectivity index (χ1v) is 5.84. The summed E-state index contributed by atoms with van der Waals surface area (Å²) in [5.41, 5.74) is 2.55. The van der Waals surface area contributed by atoms with Gasteiger partial charge in [0.05, 0.1) is 6.10 Å². The number of aliphatic hydroxyl groups excluding tert-OH is 1. The van der Waals surface area contributed by atoms with Crippen LogP contribution in [0.15, 0.2) is 24.3 Å². The molecule has 0 spiro atoms. The number of aliphatic hydroxyl groups is 1. The minimum Gasteiger partial charge on any atom is -0.388 e. The van der Waals surface area contributed by atoms with Crippen LogP contribution in [-0.2, 0) is 0 Å². The molecule has 0 amide bonds. The summed E-state index contributed by atoms with van der Waals surface area (Å²) < 4.78 is 0. The Morgan fingerprint density at radius 1 is 1.20 bits per heavy atom. The van der Waals surface area contributed by atoms with E-state index in [1.54, 1.807) is 0 Å². The molecule has 3 atom stereocenters. The van der Waals surface area contributed by atoms with E-state index in [1.807, 2.05) is 6.07 Å². The summed E-state index contributed by atoms with van der Waals surface area (Å²) in [5, 5.41) is 13.7. The predicted molar refractivity (Wildman–Crippen MR) is 59.7 cm³/mol. The zero-order valence-corrected chi connectivity index (χ0v) is 8.82. The molecule has 3 rings (SSSR count). The standard InChI is InChI=1S/C13H17NO/c15-13-10-7-9(5-6-14-8-10)11-3-1-2-4-12(11)13/h1-4,9-10,13-15H,5-8H2. The summed E-state index contributed by atoms with van der Waals surface area (Å²) in [7, 11) is 0. The van der Waals surface area contributed by atoms with Crippen molar-refractivity contribution in [1.82, 2.24) is 5.32 Å². The molecule has 1 saturated heterocycles. The van der Waals surface area contributed by atoms with Gasteiger partial charge in [0.25, 0.3) is 0 Å². The van der Waals surface area contributed by atoms with Crippen molar-refractivity contribution in [2.45, 2.75) is 24.9 Å². The van der Waals surface area contributed by atoms with Crippen molar-refractivity contribution in [2.75, 3.05) is 13.1 Å². The van der Waals surface area contributed by atoms with Crippen LogP contribution in [0.2, 0.25) is 0 Å². The van der Waals surface area contributed by atoms with E-state index in [0.717, 1.165) is 19.5 Å². The smallest absolute Gasteiger partial charge is 0.0833 e. The number of nitrogens with one attached hydrogen (secondary N) is 1. The minimum atomic E-state index is -0.261. The molecule has 0 saturated carbocycles. The molecule has 2 heteroatoms. The second kappa shape index (κ2) is 3.62. The molecule has 2 N–H and O–H groups in total. The van der Waals surface area contributed by atoms with Gasteiger partial charge in [-0.2, -0.15) is 0 Å². The molecule has 2 nitrogen and oxygen atoms in total. The van der Waals surface area contributed by atoms with Crippen molar-refractivity contribution in [3.05, 3.63) is 35.4 Å². The molecular weight excluding hydrogens is 186 g/mol. The minimum absolute atomic E-state index is 0.261. The highest BCUT2D eigenvalue weighted by atomic mass is 16.3. The quantitative estimate of drug-likeness (QED) is 0.674. The Hall–Kier alpha value is -0.860. The lowest BCUT2D eigenvalue weighted by Crippen LogP contribution is -2.28. The lowest BCUT2D eigenvalue weighted by Gasteiger charge is -2.33. The van der Waals surface area contributed by atoms with Crippen LogP contribution in [0, 0.1) is 5.92 Å². The molecule has 1 aromatic rings. The first-order valence-electron chi connectivity index (χ1n) is 5.84. The Labute approximate surface area is 90.3 Å². The highest BCUT2D eigenvalue weighted by Crippen LogP contribution is 2.43. The third kappa shape index (κ3) is 1.48. The maximum Gasteiger partial charge on any atom is 0.0833 e. The summed E-state index contributed by atoms with van der Waals surface area (Å²) in [6.45, 7) is 2.05. The van der Waals surface area contributed by atoms with E-state index >= 15 is 0 Å². The molecule has 1 aliphatic heterocycles. The van der Waals surface area contributed by atoms with Crippen molar-refractivity contribution in [3.63, 3.8) is 0 Å². The summed E-state index contributed by atoms with van der Waals surface area (Å²) in [6, 6.07) is 8.40. The van der Waals surface area contributed by atoms with Crippen LogP contribution in [-0.4, -0.2) is 18.2 Å². The van der Waals surface area contributed by atoms with Gasteiger partial charge in [0.15, 0.2) is 0 Å². The Kier molecular flexibility index (Phi) is 2.26. The number of hydrogen-bond acceptors (Lipinski definition) is 2. The third-order valence-electron chi connectivity index (χ3n) is 3.86. The highest BCUT2D eigenvalue weighted by Gasteiger charge is 2.34. The summed E-state index contributed by atoms with van der Waals surface area (Å²) >= 11 is 0. The first-order chi connectivity index (χ1) is 7.36. The first kappa shape index (κ1) is 9.37. The van der Waals surface area contributed by atoms with Crippen LogP contribution in [0.1, 0.15) is 36.0 Å². The highest BCUT2D eigenvalue weighted by molar-refractivity contribution is 5.35. The van der Waals surface area contributed by atoms with E-state index in [0.29, 0.717) is 11.8 Å². The second-order valence-electron chi connectivity index (χ2n) is 4.76. The van der Waals surface area contributed by atoms with Gasteiger partial charge in [-0.25, -0.2) is 0 Å². The van der Waals surface area contributed by atoms with Crippen LogP contribution < -0.4 is 5.32 Å². The van der Waals surface area contributed by atoms with Crippen LogP contribution in [0.5, 0.6) is 0 Å². The molecule has 1 heterocycles. The predicted octanol–water partition coefficient (Wildman–Crippen LogP) is 1.82. The largest absolute Gasteiger partial charge is 0.388 e. The SMILES string of the molecule is OC1c2ccccc2C2CCNCC1C2. The van der Waals surface area contributed by atoms with Gasteiger partial charge in [0.1, 0.15) is 0 Å². The normalized spacial score (nSPS) is 34.3. The van der Waals surface area contributed by atoms with E-state index in [9.17, 15) is 5.11 Å². The van der Waals surface area contributed by atoms with Gasteiger partial charge < -0.3 is 10.4 Å². The van der Waals surface area contributed by atoms with Crippen molar-refractivity contribution >= 4 is 0 Å². The van der Waals surface area contributed by atoms with Crippen molar-refractivity contribution in [1.29, 1.82) is 0 Å².